The van der Waals surface area contributed by atoms with E-state index in [4.69, 9.17) is 0 Å². The topological polar surface area (TPSA) is 0 Å². The van der Waals surface area contributed by atoms with E-state index in [1.165, 1.54) is 5.57 Å². The van der Waals surface area contributed by atoms with E-state index in [0.29, 0.717) is 11.8 Å². The second-order valence-corrected chi connectivity index (χ2v) is 5.60. The summed E-state index contributed by atoms with van der Waals surface area (Å²) in [6.45, 7) is 9.14. The summed E-state index contributed by atoms with van der Waals surface area (Å²) in [5.74, 6) is 1.18. The molecule has 0 fully saturated rings. The maximum Gasteiger partial charge on any atom is 0.00886 e. The van der Waals surface area contributed by atoms with Gasteiger partial charge in [0.2, 0.25) is 0 Å². The van der Waals surface area contributed by atoms with E-state index >= 15 is 0 Å². The van der Waals surface area contributed by atoms with Gasteiger partial charge in [-0.15, -0.1) is 0 Å². The highest BCUT2D eigenvalue weighted by atomic mass is 14.4. The molecule has 0 saturated heterocycles. The van der Waals surface area contributed by atoms with E-state index in [-0.39, 0.29) is 5.41 Å². The SMILES string of the molecule is CC1=CC=C(C(C)(C)C)C2C=CC=CC12. The van der Waals surface area contributed by atoms with Crippen molar-refractivity contribution in [3.05, 3.63) is 47.6 Å². The minimum absolute atomic E-state index is 0.273. The first-order chi connectivity index (χ1) is 7.00. The van der Waals surface area contributed by atoms with Crippen LogP contribution >= 0.6 is 0 Å². The Morgan fingerprint density at radius 1 is 0.933 bits per heavy atom. The van der Waals surface area contributed by atoms with Gasteiger partial charge in [-0.2, -0.15) is 0 Å². The maximum absolute atomic E-state index is 2.35. The highest BCUT2D eigenvalue weighted by molar-refractivity contribution is 5.39. The molecule has 0 saturated carbocycles. The molecule has 0 nitrogen and oxygen atoms in total. The van der Waals surface area contributed by atoms with Crippen LogP contribution in [0, 0.1) is 17.3 Å². The Kier molecular flexibility index (Phi) is 2.46. The maximum atomic E-state index is 2.35. The first kappa shape index (κ1) is 10.5. The minimum atomic E-state index is 0.273. The van der Waals surface area contributed by atoms with E-state index < -0.39 is 0 Å². The van der Waals surface area contributed by atoms with E-state index in [0.717, 1.165) is 0 Å². The summed E-state index contributed by atoms with van der Waals surface area (Å²) < 4.78 is 0. The molecule has 2 atom stereocenters. The molecule has 0 aromatic heterocycles. The van der Waals surface area contributed by atoms with Crippen molar-refractivity contribution >= 4 is 0 Å². The van der Waals surface area contributed by atoms with Gasteiger partial charge in [-0.1, -0.05) is 68.4 Å². The zero-order chi connectivity index (χ0) is 11.1. The van der Waals surface area contributed by atoms with Crippen LogP contribution in [0.4, 0.5) is 0 Å². The summed E-state index contributed by atoms with van der Waals surface area (Å²) in [5.41, 5.74) is 3.31. The van der Waals surface area contributed by atoms with Crippen LogP contribution in [-0.4, -0.2) is 0 Å². The average molecular weight is 200 g/mol. The zero-order valence-corrected chi connectivity index (χ0v) is 10.1. The van der Waals surface area contributed by atoms with Gasteiger partial charge >= 0.3 is 0 Å². The van der Waals surface area contributed by atoms with Crippen LogP contribution in [0.25, 0.3) is 0 Å². The van der Waals surface area contributed by atoms with Crippen molar-refractivity contribution in [2.75, 3.05) is 0 Å². The third-order valence-electron chi connectivity index (χ3n) is 3.41. The number of hydrogen-bond donors (Lipinski definition) is 0. The third kappa shape index (κ3) is 1.86. The summed E-state index contributed by atoms with van der Waals surface area (Å²) in [5, 5.41) is 0. The lowest BCUT2D eigenvalue weighted by Gasteiger charge is -2.37. The molecular formula is C15H20. The molecule has 2 aliphatic rings. The molecule has 0 aliphatic heterocycles. The summed E-state index contributed by atoms with van der Waals surface area (Å²) >= 11 is 0. The van der Waals surface area contributed by atoms with Crippen molar-refractivity contribution in [3.8, 4) is 0 Å². The Bertz CT molecular complexity index is 369. The van der Waals surface area contributed by atoms with E-state index in [2.05, 4.69) is 64.2 Å². The predicted molar refractivity (Wildman–Crippen MR) is 66.6 cm³/mol. The first-order valence-electron chi connectivity index (χ1n) is 5.74. The van der Waals surface area contributed by atoms with Gasteiger partial charge in [-0.25, -0.2) is 0 Å². The van der Waals surface area contributed by atoms with Gasteiger partial charge in [0.05, 0.1) is 0 Å². The molecule has 2 rings (SSSR count). The van der Waals surface area contributed by atoms with Crippen LogP contribution in [-0.2, 0) is 0 Å². The van der Waals surface area contributed by atoms with Gasteiger partial charge < -0.3 is 0 Å². The van der Waals surface area contributed by atoms with Crippen LogP contribution in [0.15, 0.2) is 47.6 Å². The summed E-state index contributed by atoms with van der Waals surface area (Å²) in [4.78, 5) is 0. The molecule has 2 aliphatic carbocycles. The predicted octanol–water partition coefficient (Wildman–Crippen LogP) is 4.28. The quantitative estimate of drug-likeness (QED) is 0.547. The van der Waals surface area contributed by atoms with E-state index in [9.17, 15) is 0 Å². The van der Waals surface area contributed by atoms with E-state index in [1.54, 1.807) is 5.57 Å². The Morgan fingerprint density at radius 3 is 2.13 bits per heavy atom. The zero-order valence-electron chi connectivity index (χ0n) is 10.1. The molecule has 0 spiro atoms. The molecule has 0 amide bonds. The van der Waals surface area contributed by atoms with Gasteiger partial charge in [0.1, 0.15) is 0 Å². The molecule has 0 aromatic carbocycles. The Morgan fingerprint density at radius 2 is 1.53 bits per heavy atom. The fourth-order valence-corrected chi connectivity index (χ4v) is 2.53. The molecule has 80 valence electrons. The fourth-order valence-electron chi connectivity index (χ4n) is 2.53. The van der Waals surface area contributed by atoms with Crippen molar-refractivity contribution in [1.82, 2.24) is 0 Å². The lowest BCUT2D eigenvalue weighted by Crippen LogP contribution is -2.26. The number of fused-ring (bicyclic) bond motifs is 1. The standard InChI is InChI=1S/C15H20/c1-11-9-10-14(15(2,3)4)13-8-6-5-7-12(11)13/h5-10,12-13H,1-4H3. The first-order valence-corrected chi connectivity index (χ1v) is 5.74. The summed E-state index contributed by atoms with van der Waals surface area (Å²) in [6.07, 6.45) is 13.6. The highest BCUT2D eigenvalue weighted by Crippen LogP contribution is 2.43. The molecule has 0 bridgehead atoms. The normalized spacial score (nSPS) is 29.6. The summed E-state index contributed by atoms with van der Waals surface area (Å²) in [6, 6.07) is 0. The van der Waals surface area contributed by atoms with Crippen LogP contribution in [0.2, 0.25) is 0 Å². The summed E-state index contributed by atoms with van der Waals surface area (Å²) in [7, 11) is 0. The second-order valence-electron chi connectivity index (χ2n) is 5.60. The van der Waals surface area contributed by atoms with Gasteiger partial charge in [-0.05, 0) is 12.3 Å². The minimum Gasteiger partial charge on any atom is -0.0764 e. The third-order valence-corrected chi connectivity index (χ3v) is 3.41. The van der Waals surface area contributed by atoms with Crippen molar-refractivity contribution in [1.29, 1.82) is 0 Å². The van der Waals surface area contributed by atoms with Crippen molar-refractivity contribution < 1.29 is 0 Å². The van der Waals surface area contributed by atoms with Crippen molar-refractivity contribution in [2.45, 2.75) is 27.7 Å². The smallest absolute Gasteiger partial charge is 0.00886 e. The number of rotatable bonds is 0. The van der Waals surface area contributed by atoms with Crippen LogP contribution in [0.3, 0.4) is 0 Å². The molecule has 2 unspecified atom stereocenters. The molecule has 0 heteroatoms. The highest BCUT2D eigenvalue weighted by Gasteiger charge is 2.31. The molecule has 0 heterocycles. The molecule has 0 radical (unpaired) electrons. The Labute approximate surface area is 93.1 Å². The second kappa shape index (κ2) is 3.52. The van der Waals surface area contributed by atoms with E-state index in [1.807, 2.05) is 0 Å². The lowest BCUT2D eigenvalue weighted by molar-refractivity contribution is 0.417. The van der Waals surface area contributed by atoms with Gasteiger partial charge in [0, 0.05) is 11.8 Å². The molecular weight excluding hydrogens is 180 g/mol. The van der Waals surface area contributed by atoms with Gasteiger partial charge in [0.15, 0.2) is 0 Å². The number of allylic oxidation sites excluding steroid dienone is 8. The van der Waals surface area contributed by atoms with Crippen LogP contribution < -0.4 is 0 Å². The Balaban J connectivity index is 2.41. The van der Waals surface area contributed by atoms with Gasteiger partial charge in [0.25, 0.3) is 0 Å². The number of hydrogen-bond acceptors (Lipinski definition) is 0. The molecule has 0 aromatic rings. The monoisotopic (exact) mass is 200 g/mol. The average Bonchev–Trinajstić information content (AvgIpc) is 2.17. The molecule has 15 heavy (non-hydrogen) atoms. The van der Waals surface area contributed by atoms with Crippen LogP contribution in [0.1, 0.15) is 27.7 Å². The fraction of sp³-hybridized carbons (Fsp3) is 0.467. The van der Waals surface area contributed by atoms with Gasteiger partial charge in [-0.3, -0.25) is 0 Å². The molecule has 0 N–H and O–H groups in total. The lowest BCUT2D eigenvalue weighted by atomic mass is 9.68. The van der Waals surface area contributed by atoms with Crippen LogP contribution in [0.5, 0.6) is 0 Å². The Hall–Kier alpha value is -1.04. The largest absolute Gasteiger partial charge is 0.0764 e. The van der Waals surface area contributed by atoms with Crippen molar-refractivity contribution in [3.63, 3.8) is 0 Å². The van der Waals surface area contributed by atoms with Crippen molar-refractivity contribution in [2.24, 2.45) is 17.3 Å².